The van der Waals surface area contributed by atoms with E-state index in [9.17, 15) is 14.4 Å². The van der Waals surface area contributed by atoms with Crippen LogP contribution in [0, 0.1) is 5.92 Å². The number of pyridine rings is 1. The van der Waals surface area contributed by atoms with E-state index in [2.05, 4.69) is 10.3 Å². The van der Waals surface area contributed by atoms with Gasteiger partial charge in [-0.2, -0.15) is 0 Å². The largest absolute Gasteiger partial charge is 0.481 e. The van der Waals surface area contributed by atoms with E-state index in [0.29, 0.717) is 6.54 Å². The van der Waals surface area contributed by atoms with Crippen molar-refractivity contribution < 1.29 is 19.5 Å². The van der Waals surface area contributed by atoms with Gasteiger partial charge in [0, 0.05) is 31.4 Å². The number of amides is 2. The Bertz CT molecular complexity index is 576. The highest BCUT2D eigenvalue weighted by Crippen LogP contribution is 2.22. The second-order valence-electron chi connectivity index (χ2n) is 5.99. The fourth-order valence-electron chi connectivity index (χ4n) is 2.87. The fourth-order valence-corrected chi connectivity index (χ4v) is 2.87. The number of rotatable bonds is 8. The number of carboxylic acids is 1. The molecule has 0 saturated carbocycles. The topological polar surface area (TPSA) is 99.6 Å². The van der Waals surface area contributed by atoms with Gasteiger partial charge in [0.1, 0.15) is 0 Å². The van der Waals surface area contributed by atoms with E-state index in [-0.39, 0.29) is 37.2 Å². The minimum absolute atomic E-state index is 0.00418. The molecule has 7 heteroatoms. The van der Waals surface area contributed by atoms with E-state index in [1.807, 2.05) is 12.1 Å². The summed E-state index contributed by atoms with van der Waals surface area (Å²) < 4.78 is 0. The summed E-state index contributed by atoms with van der Waals surface area (Å²) in [5, 5.41) is 11.1. The van der Waals surface area contributed by atoms with Crippen LogP contribution in [0.15, 0.2) is 24.5 Å². The summed E-state index contributed by atoms with van der Waals surface area (Å²) in [6, 6.07) is 3.89. The van der Waals surface area contributed by atoms with Gasteiger partial charge in [0.05, 0.1) is 13.0 Å². The lowest BCUT2D eigenvalue weighted by Crippen LogP contribution is -2.46. The number of nitrogens with one attached hydrogen (secondary N) is 1. The third kappa shape index (κ3) is 5.64. The molecular formula is C17H23N3O4. The van der Waals surface area contributed by atoms with E-state index in [4.69, 9.17) is 5.11 Å². The van der Waals surface area contributed by atoms with Gasteiger partial charge in [-0.25, -0.2) is 0 Å². The predicted octanol–water partition coefficient (Wildman–Crippen LogP) is 0.844. The molecule has 0 spiro atoms. The summed E-state index contributed by atoms with van der Waals surface area (Å²) in [7, 11) is 0. The number of carbonyl (C=O) groups is 3. The van der Waals surface area contributed by atoms with Gasteiger partial charge >= 0.3 is 5.97 Å². The van der Waals surface area contributed by atoms with Crippen molar-refractivity contribution >= 4 is 17.8 Å². The number of aliphatic carboxylic acids is 1. The highest BCUT2D eigenvalue weighted by Gasteiger charge is 2.29. The average molecular weight is 333 g/mol. The Kier molecular flexibility index (Phi) is 6.72. The van der Waals surface area contributed by atoms with Crippen molar-refractivity contribution in [1.82, 2.24) is 15.2 Å². The molecule has 1 aromatic rings. The van der Waals surface area contributed by atoms with Gasteiger partial charge < -0.3 is 15.3 Å². The maximum absolute atomic E-state index is 12.5. The molecule has 0 aromatic carbocycles. The third-order valence-corrected chi connectivity index (χ3v) is 4.17. The molecule has 7 nitrogen and oxygen atoms in total. The number of likely N-dealkylation sites (tertiary alicyclic amines) is 1. The Morgan fingerprint density at radius 2 is 2.08 bits per heavy atom. The van der Waals surface area contributed by atoms with Crippen LogP contribution in [-0.4, -0.2) is 52.4 Å². The molecule has 1 aliphatic rings. The SMILES string of the molecule is O=C(O)CCNC(=O)CN1CCCC(CCc2ccncc2)C1=O. The first-order valence-electron chi connectivity index (χ1n) is 8.22. The van der Waals surface area contributed by atoms with E-state index in [1.54, 1.807) is 17.3 Å². The fraction of sp³-hybridized carbons (Fsp3) is 0.529. The second-order valence-corrected chi connectivity index (χ2v) is 5.99. The quantitative estimate of drug-likeness (QED) is 0.734. The van der Waals surface area contributed by atoms with Crippen molar-refractivity contribution in [3.05, 3.63) is 30.1 Å². The lowest BCUT2D eigenvalue weighted by atomic mass is 9.91. The molecule has 2 N–H and O–H groups in total. The molecule has 1 unspecified atom stereocenters. The maximum Gasteiger partial charge on any atom is 0.305 e. The van der Waals surface area contributed by atoms with E-state index in [0.717, 1.165) is 31.2 Å². The molecular weight excluding hydrogens is 310 g/mol. The number of hydrogen-bond donors (Lipinski definition) is 2. The first kappa shape index (κ1) is 17.9. The van der Waals surface area contributed by atoms with Crippen molar-refractivity contribution in [2.45, 2.75) is 32.1 Å². The Hall–Kier alpha value is -2.44. The number of carbonyl (C=O) groups excluding carboxylic acids is 2. The second kappa shape index (κ2) is 9.00. The Labute approximate surface area is 141 Å². The summed E-state index contributed by atoms with van der Waals surface area (Å²) in [5.41, 5.74) is 1.15. The van der Waals surface area contributed by atoms with Crippen LogP contribution in [-0.2, 0) is 20.8 Å². The zero-order chi connectivity index (χ0) is 17.4. The number of nitrogens with zero attached hydrogens (tertiary/aromatic N) is 2. The van der Waals surface area contributed by atoms with Gasteiger partial charge in [-0.15, -0.1) is 0 Å². The molecule has 1 fully saturated rings. The van der Waals surface area contributed by atoms with Gasteiger partial charge in [-0.3, -0.25) is 19.4 Å². The standard InChI is InChI=1S/C17H23N3O4/c21-15(19-10-7-16(22)23)12-20-11-1-2-14(17(20)24)4-3-13-5-8-18-9-6-13/h5-6,8-9,14H,1-4,7,10-12H2,(H,19,21)(H,22,23). The molecule has 1 aromatic heterocycles. The molecule has 130 valence electrons. The first-order chi connectivity index (χ1) is 11.6. The summed E-state index contributed by atoms with van der Waals surface area (Å²) in [6.45, 7) is 0.669. The molecule has 1 atom stereocenters. The van der Waals surface area contributed by atoms with Crippen molar-refractivity contribution in [3.63, 3.8) is 0 Å². The minimum atomic E-state index is -0.958. The molecule has 0 bridgehead atoms. The number of aromatic nitrogens is 1. The third-order valence-electron chi connectivity index (χ3n) is 4.17. The van der Waals surface area contributed by atoms with E-state index < -0.39 is 5.97 Å². The molecule has 2 amide bonds. The van der Waals surface area contributed by atoms with Crippen LogP contribution in [0.25, 0.3) is 0 Å². The van der Waals surface area contributed by atoms with E-state index >= 15 is 0 Å². The summed E-state index contributed by atoms with van der Waals surface area (Å²) >= 11 is 0. The monoisotopic (exact) mass is 333 g/mol. The molecule has 2 heterocycles. The smallest absolute Gasteiger partial charge is 0.305 e. The Morgan fingerprint density at radius 3 is 2.79 bits per heavy atom. The Balaban J connectivity index is 1.78. The van der Waals surface area contributed by atoms with Gasteiger partial charge in [0.2, 0.25) is 11.8 Å². The van der Waals surface area contributed by atoms with Crippen LogP contribution < -0.4 is 5.32 Å². The average Bonchev–Trinajstić information content (AvgIpc) is 2.56. The lowest BCUT2D eigenvalue weighted by Gasteiger charge is -2.32. The molecule has 1 aliphatic heterocycles. The van der Waals surface area contributed by atoms with Crippen LogP contribution in [0.4, 0.5) is 0 Å². The first-order valence-corrected chi connectivity index (χ1v) is 8.22. The van der Waals surface area contributed by atoms with Crippen molar-refractivity contribution in [1.29, 1.82) is 0 Å². The summed E-state index contributed by atoms with van der Waals surface area (Å²) in [5.74, 6) is -1.30. The highest BCUT2D eigenvalue weighted by atomic mass is 16.4. The highest BCUT2D eigenvalue weighted by molar-refractivity contribution is 5.86. The van der Waals surface area contributed by atoms with E-state index in [1.165, 1.54) is 0 Å². The summed E-state index contributed by atoms with van der Waals surface area (Å²) in [6.07, 6.45) is 6.68. The molecule has 0 aliphatic carbocycles. The molecule has 0 radical (unpaired) electrons. The van der Waals surface area contributed by atoms with Crippen LogP contribution in [0.2, 0.25) is 0 Å². The molecule has 24 heavy (non-hydrogen) atoms. The van der Waals surface area contributed by atoms with Crippen molar-refractivity contribution in [2.75, 3.05) is 19.6 Å². The number of hydrogen-bond acceptors (Lipinski definition) is 4. The maximum atomic E-state index is 12.5. The van der Waals surface area contributed by atoms with Gasteiger partial charge in [0.15, 0.2) is 0 Å². The van der Waals surface area contributed by atoms with Gasteiger partial charge in [-0.1, -0.05) is 0 Å². The normalized spacial score (nSPS) is 17.6. The number of carboxylic acid groups (broad SMARTS) is 1. The lowest BCUT2D eigenvalue weighted by molar-refractivity contribution is -0.142. The van der Waals surface area contributed by atoms with Crippen LogP contribution >= 0.6 is 0 Å². The van der Waals surface area contributed by atoms with Crippen molar-refractivity contribution in [3.8, 4) is 0 Å². The van der Waals surface area contributed by atoms with Crippen LogP contribution in [0.1, 0.15) is 31.2 Å². The zero-order valence-electron chi connectivity index (χ0n) is 13.6. The Morgan fingerprint density at radius 1 is 1.33 bits per heavy atom. The molecule has 2 rings (SSSR count). The summed E-state index contributed by atoms with van der Waals surface area (Å²) in [4.78, 5) is 40.3. The van der Waals surface area contributed by atoms with Crippen molar-refractivity contribution in [2.24, 2.45) is 5.92 Å². The van der Waals surface area contributed by atoms with Gasteiger partial charge in [-0.05, 0) is 43.4 Å². The number of aryl methyl sites for hydroxylation is 1. The predicted molar refractivity (Wildman–Crippen MR) is 87.1 cm³/mol. The molecule has 1 saturated heterocycles. The minimum Gasteiger partial charge on any atom is -0.481 e. The van der Waals surface area contributed by atoms with Crippen LogP contribution in [0.5, 0.6) is 0 Å². The number of piperidine rings is 1. The zero-order valence-corrected chi connectivity index (χ0v) is 13.6. The van der Waals surface area contributed by atoms with Crippen LogP contribution in [0.3, 0.4) is 0 Å². The van der Waals surface area contributed by atoms with Gasteiger partial charge in [0.25, 0.3) is 0 Å².